The third-order valence-corrected chi connectivity index (χ3v) is 7.20. The third-order valence-electron chi connectivity index (χ3n) is 7.20. The van der Waals surface area contributed by atoms with E-state index in [4.69, 9.17) is 4.74 Å². The van der Waals surface area contributed by atoms with Crippen molar-refractivity contribution in [2.45, 2.75) is 12.8 Å². The average Bonchev–Trinajstić information content (AvgIpc) is 3.87. The Kier molecular flexibility index (Phi) is 11.6. The molecule has 1 heterocycles. The number of urea groups is 1. The monoisotopic (exact) mass is 649 g/mol. The smallest absolute Gasteiger partial charge is 0.322 e. The molecular weight excluding hydrogens is 612 g/mol. The van der Waals surface area contributed by atoms with Crippen LogP contribution in [0.3, 0.4) is 0 Å². The van der Waals surface area contributed by atoms with Crippen LogP contribution in [0.1, 0.15) is 12.8 Å². The fourth-order valence-corrected chi connectivity index (χ4v) is 4.25. The van der Waals surface area contributed by atoms with E-state index in [2.05, 4.69) is 15.6 Å². The number of nitrogens with one attached hydrogen (secondary N) is 2. The molecule has 1 fully saturated rings. The molecule has 2 N–H and O–H groups in total. The lowest BCUT2D eigenvalue weighted by molar-refractivity contribution is -0.119. The van der Waals surface area contributed by atoms with Crippen LogP contribution in [0.2, 0.25) is 0 Å². The second-order valence-electron chi connectivity index (χ2n) is 11.4. The van der Waals surface area contributed by atoms with E-state index in [1.54, 1.807) is 7.05 Å². The normalized spacial score (nSPS) is 12.7. The van der Waals surface area contributed by atoms with Gasteiger partial charge in [-0.3, -0.25) is 19.7 Å². The van der Waals surface area contributed by atoms with Crippen LogP contribution < -0.4 is 20.3 Å². The van der Waals surface area contributed by atoms with Gasteiger partial charge >= 0.3 is 6.03 Å². The van der Waals surface area contributed by atoms with E-state index in [-0.39, 0.29) is 40.5 Å². The summed E-state index contributed by atoms with van der Waals surface area (Å²) in [7, 11) is 6.87. The second-order valence-corrected chi connectivity index (χ2v) is 11.4. The first-order valence-corrected chi connectivity index (χ1v) is 14.8. The maximum Gasteiger partial charge on any atom is 0.322 e. The number of benzene rings is 2. The van der Waals surface area contributed by atoms with Gasteiger partial charge in [0.25, 0.3) is 11.8 Å². The van der Waals surface area contributed by atoms with Gasteiger partial charge in [0.1, 0.15) is 23.0 Å². The van der Waals surface area contributed by atoms with Crippen molar-refractivity contribution in [2.75, 3.05) is 63.4 Å². The number of rotatable bonds is 14. The number of ether oxygens (including phenoxy) is 1. The molecule has 0 spiro atoms. The first kappa shape index (κ1) is 34.5. The van der Waals surface area contributed by atoms with E-state index in [1.807, 2.05) is 19.0 Å². The number of nitrogens with zero attached hydrogens (tertiary/aromatic N) is 5. The molecule has 0 aliphatic heterocycles. The minimum Gasteiger partial charge on any atom is -0.454 e. The topological polar surface area (TPSA) is 127 Å². The number of amides is 5. The number of hydrogen-bond acceptors (Lipinski definition) is 7. The van der Waals surface area contributed by atoms with Gasteiger partial charge in [0.15, 0.2) is 11.6 Å². The predicted octanol–water partition coefficient (Wildman–Crippen LogP) is 4.53. The summed E-state index contributed by atoms with van der Waals surface area (Å²) in [5.41, 5.74) is -0.0482. The Balaban J connectivity index is 1.47. The number of hydrogen-bond donors (Lipinski definition) is 2. The highest BCUT2D eigenvalue weighted by atomic mass is 19.1. The Morgan fingerprint density at radius 1 is 0.957 bits per heavy atom. The lowest BCUT2D eigenvalue weighted by Gasteiger charge is -2.21. The number of likely N-dealkylation sites (N-methyl/N-ethyl adjacent to an activating group) is 3. The zero-order chi connectivity index (χ0) is 34.1. The van der Waals surface area contributed by atoms with E-state index >= 15 is 4.39 Å². The standard InChI is InChI=1S/C33H37F2N7O5/c1-39(2)15-16-40(3)33(46)38-30-18-26(13-14-36-30)47-29-12-9-24(17-28(29)35)37-31(44)27(20-42(21-43)19-22-5-6-22)32(45)41(4)25-10-7-23(34)8-11-25/h7-14,17-18,20-22H,5-6,15-16,19H2,1-4H3,(H,37,44)(H,36,38,46)/b27-20-. The molecule has 0 saturated heterocycles. The molecule has 0 unspecified atom stereocenters. The summed E-state index contributed by atoms with van der Waals surface area (Å²) < 4.78 is 34.3. The first-order valence-electron chi connectivity index (χ1n) is 14.8. The Morgan fingerprint density at radius 2 is 1.68 bits per heavy atom. The number of anilines is 3. The van der Waals surface area contributed by atoms with Crippen LogP contribution in [0, 0.1) is 17.6 Å². The second kappa shape index (κ2) is 15.8. The number of carbonyl (C=O) groups is 4. The van der Waals surface area contributed by atoms with Gasteiger partial charge < -0.3 is 29.7 Å². The molecule has 1 saturated carbocycles. The van der Waals surface area contributed by atoms with Gasteiger partial charge in [0.2, 0.25) is 6.41 Å². The van der Waals surface area contributed by atoms with Crippen LogP contribution in [-0.4, -0.2) is 91.8 Å². The van der Waals surface area contributed by atoms with E-state index in [1.165, 1.54) is 71.6 Å². The molecule has 1 aromatic heterocycles. The van der Waals surface area contributed by atoms with Gasteiger partial charge in [-0.15, -0.1) is 0 Å². The molecule has 0 radical (unpaired) electrons. The van der Waals surface area contributed by atoms with E-state index in [0.717, 1.165) is 30.0 Å². The molecule has 4 rings (SSSR count). The number of carbonyl (C=O) groups excluding carboxylic acids is 4. The molecule has 0 bridgehead atoms. The molecule has 14 heteroatoms. The quantitative estimate of drug-likeness (QED) is 0.114. The molecule has 248 valence electrons. The highest BCUT2D eigenvalue weighted by molar-refractivity contribution is 6.26. The molecule has 5 amide bonds. The van der Waals surface area contributed by atoms with Gasteiger partial charge in [-0.2, -0.15) is 0 Å². The van der Waals surface area contributed by atoms with Crippen molar-refractivity contribution in [1.82, 2.24) is 19.7 Å². The zero-order valence-corrected chi connectivity index (χ0v) is 26.6. The van der Waals surface area contributed by atoms with Crippen LogP contribution in [0.15, 0.2) is 72.6 Å². The Hall–Kier alpha value is -5.37. The van der Waals surface area contributed by atoms with Crippen molar-refractivity contribution in [2.24, 2.45) is 5.92 Å². The van der Waals surface area contributed by atoms with Crippen molar-refractivity contribution in [1.29, 1.82) is 0 Å². The number of aromatic nitrogens is 1. The predicted molar refractivity (Wildman–Crippen MR) is 173 cm³/mol. The summed E-state index contributed by atoms with van der Waals surface area (Å²) in [6.45, 7) is 1.51. The Labute approximate surface area is 271 Å². The van der Waals surface area contributed by atoms with Gasteiger partial charge in [-0.25, -0.2) is 18.6 Å². The third kappa shape index (κ3) is 10.1. The van der Waals surface area contributed by atoms with Crippen LogP contribution in [0.5, 0.6) is 11.5 Å². The molecule has 0 atom stereocenters. The van der Waals surface area contributed by atoms with E-state index < -0.39 is 23.4 Å². The van der Waals surface area contributed by atoms with Crippen LogP contribution >= 0.6 is 0 Å². The lowest BCUT2D eigenvalue weighted by atomic mass is 10.2. The molecule has 47 heavy (non-hydrogen) atoms. The molecule has 1 aliphatic carbocycles. The highest BCUT2D eigenvalue weighted by Gasteiger charge is 2.28. The summed E-state index contributed by atoms with van der Waals surface area (Å²) >= 11 is 0. The van der Waals surface area contributed by atoms with Crippen LogP contribution in [0.25, 0.3) is 0 Å². The van der Waals surface area contributed by atoms with Crippen LogP contribution in [-0.2, 0) is 14.4 Å². The highest BCUT2D eigenvalue weighted by Crippen LogP contribution is 2.30. The average molecular weight is 650 g/mol. The fourth-order valence-electron chi connectivity index (χ4n) is 4.25. The van der Waals surface area contributed by atoms with Gasteiger partial charge in [-0.1, -0.05) is 0 Å². The van der Waals surface area contributed by atoms with Gasteiger partial charge in [0, 0.05) is 69.6 Å². The number of pyridine rings is 1. The summed E-state index contributed by atoms with van der Waals surface area (Å²) in [4.78, 5) is 61.0. The summed E-state index contributed by atoms with van der Waals surface area (Å²) in [6.07, 6.45) is 4.96. The van der Waals surface area contributed by atoms with E-state index in [9.17, 15) is 23.6 Å². The maximum absolute atomic E-state index is 15.2. The molecule has 3 aromatic rings. The van der Waals surface area contributed by atoms with Crippen molar-refractivity contribution >= 4 is 41.4 Å². The Morgan fingerprint density at radius 3 is 2.32 bits per heavy atom. The number of halogens is 2. The van der Waals surface area contributed by atoms with Crippen molar-refractivity contribution < 1.29 is 32.7 Å². The molecule has 2 aromatic carbocycles. The van der Waals surface area contributed by atoms with Crippen molar-refractivity contribution in [3.05, 3.63) is 84.2 Å². The van der Waals surface area contributed by atoms with Gasteiger partial charge in [-0.05, 0) is 75.3 Å². The largest absolute Gasteiger partial charge is 0.454 e. The van der Waals surface area contributed by atoms with Crippen molar-refractivity contribution in [3.8, 4) is 11.5 Å². The first-order chi connectivity index (χ1) is 22.4. The summed E-state index contributed by atoms with van der Waals surface area (Å²) in [5.74, 6) is -2.46. The minimum absolute atomic E-state index is 0.0197. The SMILES string of the molecule is CN(C)CCN(C)C(=O)Nc1cc(Oc2ccc(NC(=O)/C(=C/N(C=O)CC3CC3)C(=O)N(C)c3ccc(F)cc3)cc2F)ccn1. The zero-order valence-electron chi connectivity index (χ0n) is 26.6. The minimum atomic E-state index is -0.884. The maximum atomic E-state index is 15.2. The summed E-state index contributed by atoms with van der Waals surface area (Å²) in [5, 5.41) is 5.18. The molecule has 1 aliphatic rings. The lowest BCUT2D eigenvalue weighted by Crippen LogP contribution is -2.36. The van der Waals surface area contributed by atoms with Gasteiger partial charge in [0.05, 0.1) is 0 Å². The van der Waals surface area contributed by atoms with E-state index in [0.29, 0.717) is 31.7 Å². The Bertz CT molecular complexity index is 1630. The fraction of sp³-hybridized carbons (Fsp3) is 0.303. The summed E-state index contributed by atoms with van der Waals surface area (Å²) in [6, 6.07) is 11.4. The van der Waals surface area contributed by atoms with Crippen molar-refractivity contribution in [3.63, 3.8) is 0 Å². The molecular formula is C33H37F2N7O5. The molecule has 12 nitrogen and oxygen atoms in total. The van der Waals surface area contributed by atoms with Crippen LogP contribution in [0.4, 0.5) is 30.8 Å².